The first-order chi connectivity index (χ1) is 9.45. The highest BCUT2D eigenvalue weighted by molar-refractivity contribution is 5.44. The van der Waals surface area contributed by atoms with Crippen LogP contribution >= 0.6 is 0 Å². The first-order valence-corrected chi connectivity index (χ1v) is 7.34. The summed E-state index contributed by atoms with van der Waals surface area (Å²) in [6.45, 7) is 8.77. The molecule has 3 heteroatoms. The minimum atomic E-state index is -0.479. The van der Waals surface area contributed by atoms with E-state index in [0.29, 0.717) is 19.1 Å². The monoisotopic (exact) mass is 272 g/mol. The van der Waals surface area contributed by atoms with E-state index in [1.165, 1.54) is 24.0 Å². The number of nitrogens with one attached hydrogen (secondary N) is 1. The van der Waals surface area contributed by atoms with Gasteiger partial charge in [0.25, 0.3) is 0 Å². The van der Waals surface area contributed by atoms with Gasteiger partial charge in [0, 0.05) is 12.5 Å². The van der Waals surface area contributed by atoms with Crippen molar-refractivity contribution in [1.82, 2.24) is 5.32 Å². The fourth-order valence-electron chi connectivity index (χ4n) is 2.34. The molecule has 0 radical (unpaired) electrons. The number of benzene rings is 1. The summed E-state index contributed by atoms with van der Waals surface area (Å²) in [5.41, 5.74) is 3.11. The third-order valence-corrected chi connectivity index (χ3v) is 4.07. The summed E-state index contributed by atoms with van der Waals surface area (Å²) in [4.78, 5) is 0. The van der Waals surface area contributed by atoms with Crippen LogP contribution in [0.4, 0.5) is 0 Å². The number of aryl methyl sites for hydroxylation is 2. The van der Waals surface area contributed by atoms with E-state index in [1.807, 2.05) is 6.92 Å². The summed E-state index contributed by atoms with van der Waals surface area (Å²) < 4.78 is 5.96. The molecule has 1 aliphatic rings. The van der Waals surface area contributed by atoms with E-state index in [-0.39, 0.29) is 0 Å². The largest absolute Gasteiger partial charge is 0.493 e. The second-order valence-corrected chi connectivity index (χ2v) is 6.11. The molecule has 1 aliphatic carbocycles. The summed E-state index contributed by atoms with van der Waals surface area (Å²) in [6, 6.07) is 7.12. The molecule has 2 rings (SSSR count). The van der Waals surface area contributed by atoms with Crippen molar-refractivity contribution >= 4 is 0 Å². The smallest absolute Gasteiger partial charge is 0.125 e. The van der Waals surface area contributed by atoms with Crippen molar-refractivity contribution in [2.24, 2.45) is 0 Å². The van der Waals surface area contributed by atoms with E-state index in [0.717, 1.165) is 11.3 Å². The average molecular weight is 272 g/mol. The Morgan fingerprint density at radius 3 is 2.55 bits per heavy atom. The van der Waals surface area contributed by atoms with Gasteiger partial charge in [-0.15, -0.1) is 0 Å². The van der Waals surface area contributed by atoms with Crippen LogP contribution in [0.5, 0.6) is 5.75 Å². The molecule has 20 heavy (non-hydrogen) atoms. The van der Waals surface area contributed by atoms with Crippen molar-refractivity contribution in [2.75, 3.05) is 6.61 Å². The zero-order valence-corrected chi connectivity index (χ0v) is 12.9. The fraction of sp³-hybridized carbons (Fsp3) is 0.588. The van der Waals surface area contributed by atoms with Gasteiger partial charge >= 0.3 is 0 Å². The molecule has 0 saturated heterocycles. The molecule has 0 aromatic heterocycles. The number of nitrogens with zero attached hydrogens (tertiary/aromatic N) is 1. The second-order valence-electron chi connectivity index (χ2n) is 6.11. The lowest BCUT2D eigenvalue weighted by Gasteiger charge is -2.24. The topological polar surface area (TPSA) is 45.0 Å². The van der Waals surface area contributed by atoms with Crippen molar-refractivity contribution < 1.29 is 4.74 Å². The SMILES string of the molecule is Cc1ccc(C)c(OCCC(C)(C#N)NC2CC2)c1C. The molecule has 0 heterocycles. The molecule has 0 amide bonds. The van der Waals surface area contributed by atoms with Crippen LogP contribution in [0.25, 0.3) is 0 Å². The van der Waals surface area contributed by atoms with Gasteiger partial charge in [0.1, 0.15) is 11.3 Å². The van der Waals surface area contributed by atoms with E-state index in [1.54, 1.807) is 0 Å². The van der Waals surface area contributed by atoms with Crippen LogP contribution in [0.15, 0.2) is 12.1 Å². The van der Waals surface area contributed by atoms with Gasteiger partial charge in [-0.2, -0.15) is 5.26 Å². The minimum Gasteiger partial charge on any atom is -0.493 e. The van der Waals surface area contributed by atoms with Crippen LogP contribution in [0.3, 0.4) is 0 Å². The second kappa shape index (κ2) is 5.85. The molecular weight excluding hydrogens is 248 g/mol. The van der Waals surface area contributed by atoms with Crippen LogP contribution in [-0.2, 0) is 0 Å². The lowest BCUT2D eigenvalue weighted by molar-refractivity contribution is 0.263. The van der Waals surface area contributed by atoms with Crippen molar-refractivity contribution in [1.29, 1.82) is 5.26 Å². The molecule has 0 bridgehead atoms. The Balaban J connectivity index is 1.95. The zero-order chi connectivity index (χ0) is 14.8. The summed E-state index contributed by atoms with van der Waals surface area (Å²) in [6.07, 6.45) is 3.08. The Morgan fingerprint density at radius 2 is 1.95 bits per heavy atom. The molecule has 0 aliphatic heterocycles. The summed E-state index contributed by atoms with van der Waals surface area (Å²) in [5.74, 6) is 0.969. The van der Waals surface area contributed by atoms with E-state index in [9.17, 15) is 5.26 Å². The van der Waals surface area contributed by atoms with E-state index >= 15 is 0 Å². The molecule has 1 atom stereocenters. The molecule has 1 aromatic carbocycles. The maximum atomic E-state index is 9.34. The van der Waals surface area contributed by atoms with Gasteiger partial charge in [0.2, 0.25) is 0 Å². The first-order valence-electron chi connectivity index (χ1n) is 7.34. The Bertz CT molecular complexity index is 529. The van der Waals surface area contributed by atoms with Crippen molar-refractivity contribution in [3.05, 3.63) is 28.8 Å². The summed E-state index contributed by atoms with van der Waals surface area (Å²) in [7, 11) is 0. The number of ether oxygens (including phenoxy) is 1. The molecule has 3 nitrogen and oxygen atoms in total. The molecule has 1 fully saturated rings. The maximum absolute atomic E-state index is 9.34. The van der Waals surface area contributed by atoms with Crippen LogP contribution in [-0.4, -0.2) is 18.2 Å². The molecular formula is C17H24N2O. The maximum Gasteiger partial charge on any atom is 0.125 e. The molecule has 1 N–H and O–H groups in total. The number of rotatable bonds is 6. The fourth-order valence-corrected chi connectivity index (χ4v) is 2.34. The van der Waals surface area contributed by atoms with Crippen molar-refractivity contribution in [3.63, 3.8) is 0 Å². The van der Waals surface area contributed by atoms with Gasteiger partial charge in [0.05, 0.1) is 12.7 Å². The van der Waals surface area contributed by atoms with E-state index < -0.39 is 5.54 Å². The highest BCUT2D eigenvalue weighted by Crippen LogP contribution is 2.27. The first kappa shape index (κ1) is 14.9. The van der Waals surface area contributed by atoms with Gasteiger partial charge in [-0.3, -0.25) is 5.32 Å². The predicted molar refractivity (Wildman–Crippen MR) is 80.9 cm³/mol. The average Bonchev–Trinajstić information content (AvgIpc) is 3.22. The van der Waals surface area contributed by atoms with Crippen LogP contribution in [0.1, 0.15) is 42.9 Å². The van der Waals surface area contributed by atoms with Gasteiger partial charge < -0.3 is 4.74 Å². The molecule has 0 spiro atoms. The lowest BCUT2D eigenvalue weighted by atomic mass is 10.00. The van der Waals surface area contributed by atoms with Gasteiger partial charge in [-0.25, -0.2) is 0 Å². The Hall–Kier alpha value is -1.53. The van der Waals surface area contributed by atoms with Crippen LogP contribution in [0, 0.1) is 32.1 Å². The Kier molecular flexibility index (Phi) is 4.35. The quantitative estimate of drug-likeness (QED) is 0.863. The van der Waals surface area contributed by atoms with Gasteiger partial charge in [-0.1, -0.05) is 12.1 Å². The number of hydrogen-bond acceptors (Lipinski definition) is 3. The van der Waals surface area contributed by atoms with Crippen molar-refractivity contribution in [2.45, 2.75) is 58.5 Å². The predicted octanol–water partition coefficient (Wildman–Crippen LogP) is 3.42. The number of hydrogen-bond donors (Lipinski definition) is 1. The van der Waals surface area contributed by atoms with Crippen LogP contribution in [0.2, 0.25) is 0 Å². The summed E-state index contributed by atoms with van der Waals surface area (Å²) >= 11 is 0. The standard InChI is InChI=1S/C17H24N2O/c1-12-5-6-13(2)16(14(12)3)20-10-9-17(4,11-18)19-15-7-8-15/h5-6,15,19H,7-10H2,1-4H3. The van der Waals surface area contributed by atoms with Crippen LogP contribution < -0.4 is 10.1 Å². The number of nitriles is 1. The Labute approximate surface area is 121 Å². The highest BCUT2D eigenvalue weighted by Gasteiger charge is 2.32. The molecule has 108 valence electrons. The highest BCUT2D eigenvalue weighted by atomic mass is 16.5. The summed E-state index contributed by atoms with van der Waals surface area (Å²) in [5, 5.41) is 12.7. The zero-order valence-electron chi connectivity index (χ0n) is 12.9. The third kappa shape index (κ3) is 3.52. The molecule has 1 unspecified atom stereocenters. The van der Waals surface area contributed by atoms with Gasteiger partial charge in [0.15, 0.2) is 0 Å². The molecule has 1 saturated carbocycles. The van der Waals surface area contributed by atoms with E-state index in [4.69, 9.17) is 4.74 Å². The van der Waals surface area contributed by atoms with Gasteiger partial charge in [-0.05, 0) is 57.2 Å². The molecule has 1 aromatic rings. The normalized spacial score (nSPS) is 17.4. The minimum absolute atomic E-state index is 0.479. The Morgan fingerprint density at radius 1 is 1.30 bits per heavy atom. The van der Waals surface area contributed by atoms with Crippen molar-refractivity contribution in [3.8, 4) is 11.8 Å². The third-order valence-electron chi connectivity index (χ3n) is 4.07. The lowest BCUT2D eigenvalue weighted by Crippen LogP contribution is -2.43. The van der Waals surface area contributed by atoms with E-state index in [2.05, 4.69) is 44.3 Å².